The zero-order chi connectivity index (χ0) is 23.4. The maximum atomic E-state index is 15.1. The second kappa shape index (κ2) is 7.84. The lowest BCUT2D eigenvalue weighted by Gasteiger charge is -2.23. The van der Waals surface area contributed by atoms with Gasteiger partial charge in [-0.15, -0.1) is 0 Å². The zero-order valence-corrected chi connectivity index (χ0v) is 19.8. The number of likely N-dealkylation sites (N-methyl/N-ethyl adjacent to an activating group) is 1. The summed E-state index contributed by atoms with van der Waals surface area (Å²) in [5.74, 6) is 0.239. The van der Waals surface area contributed by atoms with Crippen molar-refractivity contribution in [2.45, 2.75) is 33.4 Å². The van der Waals surface area contributed by atoms with Crippen molar-refractivity contribution in [3.8, 4) is 17.0 Å². The van der Waals surface area contributed by atoms with Gasteiger partial charge in [0, 0.05) is 38.1 Å². The van der Waals surface area contributed by atoms with Crippen LogP contribution in [-0.2, 0) is 20.6 Å². The molecular weight excluding hydrogens is 421 g/mol. The minimum absolute atomic E-state index is 0.111. The first-order chi connectivity index (χ1) is 15.7. The fourth-order valence-electron chi connectivity index (χ4n) is 4.75. The summed E-state index contributed by atoms with van der Waals surface area (Å²) in [6.07, 6.45) is 3.87. The van der Waals surface area contributed by atoms with Crippen molar-refractivity contribution in [2.75, 3.05) is 13.6 Å². The molecule has 172 valence electrons. The average molecular weight is 450 g/mol. The van der Waals surface area contributed by atoms with E-state index in [2.05, 4.69) is 32.3 Å². The molecule has 1 N–H and O–H groups in total. The van der Waals surface area contributed by atoms with E-state index in [1.165, 1.54) is 6.07 Å². The number of halogens is 1. The maximum Gasteiger partial charge on any atom is 0.220 e. The van der Waals surface area contributed by atoms with Gasteiger partial charge in [-0.3, -0.25) is 14.7 Å². The molecule has 8 nitrogen and oxygen atoms in total. The van der Waals surface area contributed by atoms with E-state index in [0.717, 1.165) is 33.9 Å². The van der Waals surface area contributed by atoms with E-state index < -0.39 is 0 Å². The summed E-state index contributed by atoms with van der Waals surface area (Å²) in [6, 6.07) is 3.46. The lowest BCUT2D eigenvalue weighted by molar-refractivity contribution is 0.147. The molecule has 2 bridgehead atoms. The molecular formula is C24H28FN7O. The van der Waals surface area contributed by atoms with Gasteiger partial charge in [-0.05, 0) is 57.7 Å². The van der Waals surface area contributed by atoms with Gasteiger partial charge < -0.3 is 4.74 Å². The molecule has 0 saturated carbocycles. The number of H-pyrrole nitrogens is 1. The second-order valence-corrected chi connectivity index (χ2v) is 8.91. The number of nitrogens with one attached hydrogen (secondary N) is 1. The van der Waals surface area contributed by atoms with Gasteiger partial charge in [0.05, 0.1) is 28.3 Å². The Bertz CT molecular complexity index is 1390. The summed E-state index contributed by atoms with van der Waals surface area (Å²) < 4.78 is 25.1. The van der Waals surface area contributed by atoms with Crippen LogP contribution in [0.2, 0.25) is 0 Å². The molecule has 33 heavy (non-hydrogen) atoms. The molecule has 3 aromatic heterocycles. The van der Waals surface area contributed by atoms with Crippen LogP contribution in [0.15, 0.2) is 12.1 Å². The van der Waals surface area contributed by atoms with Gasteiger partial charge in [0.15, 0.2) is 5.82 Å². The van der Waals surface area contributed by atoms with Gasteiger partial charge in [0.2, 0.25) is 5.88 Å². The number of aromatic nitrogens is 6. The minimum atomic E-state index is -0.386. The summed E-state index contributed by atoms with van der Waals surface area (Å²) in [4.78, 5) is 2.22. The van der Waals surface area contributed by atoms with E-state index in [0.29, 0.717) is 35.4 Å². The fourth-order valence-corrected chi connectivity index (χ4v) is 4.75. The number of hydrogen-bond donors (Lipinski definition) is 1. The Hall–Kier alpha value is -3.46. The third-order valence-electron chi connectivity index (χ3n) is 6.21. The molecule has 0 radical (unpaired) electrons. The van der Waals surface area contributed by atoms with Crippen LogP contribution >= 0.6 is 0 Å². The van der Waals surface area contributed by atoms with E-state index in [1.54, 1.807) is 4.68 Å². The normalized spacial score (nSPS) is 18.0. The summed E-state index contributed by atoms with van der Waals surface area (Å²) >= 11 is 0. The molecule has 4 aromatic rings. The second-order valence-electron chi connectivity index (χ2n) is 8.91. The third-order valence-corrected chi connectivity index (χ3v) is 6.21. The van der Waals surface area contributed by atoms with Crippen molar-refractivity contribution in [1.29, 1.82) is 0 Å². The first kappa shape index (κ1) is 21.4. The number of aromatic amines is 1. The molecule has 0 unspecified atom stereocenters. The number of rotatable bonds is 0. The highest BCUT2D eigenvalue weighted by molar-refractivity contribution is 5.93. The van der Waals surface area contributed by atoms with Gasteiger partial charge in [0.25, 0.3) is 0 Å². The molecule has 9 heteroatoms. The van der Waals surface area contributed by atoms with Crippen molar-refractivity contribution < 1.29 is 9.13 Å². The Kier molecular flexibility index (Phi) is 5.08. The van der Waals surface area contributed by atoms with Crippen LogP contribution < -0.4 is 4.74 Å². The molecule has 0 saturated heterocycles. The first-order valence-corrected chi connectivity index (χ1v) is 11.0. The fraction of sp³-hybridized carbons (Fsp3) is 0.375. The van der Waals surface area contributed by atoms with Crippen LogP contribution in [0.3, 0.4) is 0 Å². The SMILES string of the molecule is Cc1nn(C)c2c1/C=C/c1[nH]nc3c(F)cc(cc13)-c1c(C)nn(C)c1O[C@@H](C)CN(C)C2. The van der Waals surface area contributed by atoms with E-state index in [1.807, 2.05) is 57.8 Å². The van der Waals surface area contributed by atoms with Crippen LogP contribution in [-0.4, -0.2) is 54.4 Å². The van der Waals surface area contributed by atoms with Gasteiger partial charge in [0.1, 0.15) is 11.6 Å². The predicted molar refractivity (Wildman–Crippen MR) is 126 cm³/mol. The molecule has 1 aliphatic rings. The monoisotopic (exact) mass is 449 g/mol. The van der Waals surface area contributed by atoms with Gasteiger partial charge >= 0.3 is 0 Å². The first-order valence-electron chi connectivity index (χ1n) is 11.0. The number of fused-ring (bicyclic) bond motifs is 4. The summed E-state index contributed by atoms with van der Waals surface area (Å²) in [5, 5.41) is 17.1. The molecule has 1 aliphatic heterocycles. The molecule has 0 amide bonds. The number of ether oxygens (including phenoxy) is 1. The number of hydrogen-bond acceptors (Lipinski definition) is 5. The lowest BCUT2D eigenvalue weighted by atomic mass is 10.0. The van der Waals surface area contributed by atoms with Crippen molar-refractivity contribution in [2.24, 2.45) is 14.1 Å². The van der Waals surface area contributed by atoms with Gasteiger partial charge in [-0.25, -0.2) is 9.07 Å². The molecule has 1 aromatic carbocycles. The topological polar surface area (TPSA) is 76.8 Å². The van der Waals surface area contributed by atoms with Crippen molar-refractivity contribution in [1.82, 2.24) is 34.7 Å². The molecule has 1 atom stereocenters. The minimum Gasteiger partial charge on any atom is -0.473 e. The van der Waals surface area contributed by atoms with Crippen molar-refractivity contribution in [3.05, 3.63) is 46.3 Å². The highest BCUT2D eigenvalue weighted by Crippen LogP contribution is 2.37. The van der Waals surface area contributed by atoms with Crippen LogP contribution in [0.5, 0.6) is 5.88 Å². The van der Waals surface area contributed by atoms with Gasteiger partial charge in [-0.1, -0.05) is 0 Å². The number of benzene rings is 1. The van der Waals surface area contributed by atoms with Crippen molar-refractivity contribution in [3.63, 3.8) is 0 Å². The van der Waals surface area contributed by atoms with Crippen LogP contribution in [0.4, 0.5) is 4.39 Å². The summed E-state index contributed by atoms with van der Waals surface area (Å²) in [5.41, 5.74) is 6.42. The van der Waals surface area contributed by atoms with Crippen LogP contribution in [0.1, 0.15) is 35.3 Å². The van der Waals surface area contributed by atoms with E-state index in [9.17, 15) is 0 Å². The van der Waals surface area contributed by atoms with Crippen LogP contribution in [0.25, 0.3) is 34.2 Å². The van der Waals surface area contributed by atoms with E-state index >= 15 is 4.39 Å². The number of aryl methyl sites for hydroxylation is 4. The predicted octanol–water partition coefficient (Wildman–Crippen LogP) is 3.84. The Morgan fingerprint density at radius 3 is 2.61 bits per heavy atom. The quantitative estimate of drug-likeness (QED) is 0.442. The molecule has 0 spiro atoms. The average Bonchev–Trinajstić information content (AvgIpc) is 3.34. The lowest BCUT2D eigenvalue weighted by Crippen LogP contribution is -2.32. The zero-order valence-electron chi connectivity index (χ0n) is 19.8. The highest BCUT2D eigenvalue weighted by atomic mass is 19.1. The van der Waals surface area contributed by atoms with Crippen LogP contribution in [0, 0.1) is 19.7 Å². The Labute approximate surface area is 191 Å². The summed E-state index contributed by atoms with van der Waals surface area (Å²) in [7, 11) is 5.88. The maximum absolute atomic E-state index is 15.1. The highest BCUT2D eigenvalue weighted by Gasteiger charge is 2.23. The Morgan fingerprint density at radius 2 is 1.82 bits per heavy atom. The van der Waals surface area contributed by atoms with E-state index in [-0.39, 0.29) is 11.9 Å². The molecule has 5 rings (SSSR count). The smallest absolute Gasteiger partial charge is 0.220 e. The molecule has 0 fully saturated rings. The molecule has 0 aliphatic carbocycles. The number of nitrogens with zero attached hydrogens (tertiary/aromatic N) is 6. The largest absolute Gasteiger partial charge is 0.473 e. The Balaban J connectivity index is 1.75. The standard InChI is InChI=1S/C24H28FN7O/c1-13-11-30(4)12-21-17(14(2)28-31(21)5)7-8-20-18-9-16(10-19(25)23(18)27-26-20)22-15(3)29-32(6)24(22)33-13/h7-10,13H,11-12H2,1-6H3,(H,26,27)/b8-7+/t13-/m0/s1. The van der Waals surface area contributed by atoms with Gasteiger partial charge in [-0.2, -0.15) is 15.3 Å². The third kappa shape index (κ3) is 3.62. The van der Waals surface area contributed by atoms with E-state index in [4.69, 9.17) is 4.74 Å². The van der Waals surface area contributed by atoms with Crippen molar-refractivity contribution >= 4 is 23.1 Å². The summed E-state index contributed by atoms with van der Waals surface area (Å²) in [6.45, 7) is 7.36. The Morgan fingerprint density at radius 1 is 1.06 bits per heavy atom. The molecule has 4 heterocycles.